The first-order valence-corrected chi connectivity index (χ1v) is 11.7. The summed E-state index contributed by atoms with van der Waals surface area (Å²) in [6, 6.07) is 5.08. The summed E-state index contributed by atoms with van der Waals surface area (Å²) in [7, 11) is 1.98. The van der Waals surface area contributed by atoms with Crippen LogP contribution in [0.1, 0.15) is 32.9 Å². The molecule has 1 N–H and O–H groups in total. The van der Waals surface area contributed by atoms with Crippen molar-refractivity contribution in [3.05, 3.63) is 77.3 Å². The number of anilines is 1. The summed E-state index contributed by atoms with van der Waals surface area (Å²) in [4.78, 5) is 33.2. The van der Waals surface area contributed by atoms with Crippen LogP contribution in [0.2, 0.25) is 0 Å². The van der Waals surface area contributed by atoms with Gasteiger partial charge in [0, 0.05) is 56.9 Å². The van der Waals surface area contributed by atoms with Crippen LogP contribution in [0.4, 0.5) is 19.0 Å². The van der Waals surface area contributed by atoms with Crippen LogP contribution < -0.4 is 5.32 Å². The van der Waals surface area contributed by atoms with Crippen molar-refractivity contribution < 1.29 is 18.0 Å². The predicted molar refractivity (Wildman–Crippen MR) is 131 cm³/mol. The van der Waals surface area contributed by atoms with Gasteiger partial charge in [-0.25, -0.2) is 19.5 Å². The van der Waals surface area contributed by atoms with Crippen LogP contribution in [0, 0.1) is 11.8 Å². The molecular formula is C25H22F3N9O. The molecule has 38 heavy (non-hydrogen) atoms. The lowest BCUT2D eigenvalue weighted by molar-refractivity contribution is -0.138. The first kappa shape index (κ1) is 25.2. The van der Waals surface area contributed by atoms with Crippen LogP contribution in [-0.2, 0) is 12.7 Å². The number of carbonyl (C=O) groups excluding carboxylic acids is 1. The van der Waals surface area contributed by atoms with Gasteiger partial charge in [0.15, 0.2) is 0 Å². The van der Waals surface area contributed by atoms with Crippen LogP contribution in [0.15, 0.2) is 49.2 Å². The number of rotatable bonds is 4. The van der Waals surface area contributed by atoms with Gasteiger partial charge >= 0.3 is 6.18 Å². The summed E-state index contributed by atoms with van der Waals surface area (Å²) in [5, 5.41) is 6.52. The minimum Gasteiger partial charge on any atom is -0.306 e. The number of hydrogen-bond donors (Lipinski definition) is 1. The van der Waals surface area contributed by atoms with Crippen molar-refractivity contribution in [1.82, 2.24) is 39.3 Å². The Labute approximate surface area is 215 Å². The molecule has 1 aliphatic heterocycles. The van der Waals surface area contributed by atoms with E-state index < -0.39 is 17.6 Å². The Morgan fingerprint density at radius 2 is 1.89 bits per heavy atom. The molecule has 0 unspecified atom stereocenters. The lowest BCUT2D eigenvalue weighted by Crippen LogP contribution is -2.44. The lowest BCUT2D eigenvalue weighted by Gasteiger charge is -2.33. The number of carbonyl (C=O) groups is 1. The third-order valence-corrected chi connectivity index (χ3v) is 6.02. The van der Waals surface area contributed by atoms with Crippen LogP contribution >= 0.6 is 0 Å². The molecular weight excluding hydrogens is 499 g/mol. The number of piperazine rings is 1. The van der Waals surface area contributed by atoms with Gasteiger partial charge in [-0.3, -0.25) is 9.69 Å². The molecule has 194 valence electrons. The minimum absolute atomic E-state index is 0.106. The summed E-state index contributed by atoms with van der Waals surface area (Å²) in [6.07, 6.45) is 1.33. The van der Waals surface area contributed by atoms with E-state index in [1.165, 1.54) is 41.4 Å². The van der Waals surface area contributed by atoms with Gasteiger partial charge in [-0.15, -0.1) is 0 Å². The predicted octanol–water partition coefficient (Wildman–Crippen LogP) is 2.33. The molecule has 0 aliphatic carbocycles. The van der Waals surface area contributed by atoms with Gasteiger partial charge in [0.25, 0.3) is 11.7 Å². The summed E-state index contributed by atoms with van der Waals surface area (Å²) in [5.41, 5.74) is -0.275. The molecule has 4 aromatic rings. The molecule has 1 saturated heterocycles. The summed E-state index contributed by atoms with van der Waals surface area (Å²) in [5.74, 6) is 5.54. The maximum Gasteiger partial charge on any atom is 0.416 e. The van der Waals surface area contributed by atoms with E-state index in [9.17, 15) is 18.0 Å². The highest BCUT2D eigenvalue weighted by Crippen LogP contribution is 2.33. The van der Waals surface area contributed by atoms with E-state index >= 15 is 0 Å². The number of fused-ring (bicyclic) bond motifs is 1. The average Bonchev–Trinajstić information content (AvgIpc) is 3.37. The van der Waals surface area contributed by atoms with Crippen LogP contribution in [0.3, 0.4) is 0 Å². The highest BCUT2D eigenvalue weighted by molar-refractivity contribution is 6.03. The highest BCUT2D eigenvalue weighted by atomic mass is 19.4. The molecule has 0 radical (unpaired) electrons. The number of likely N-dealkylation sites (N-methyl/N-ethyl adjacent to an activating group) is 1. The number of benzene rings is 1. The van der Waals surface area contributed by atoms with Gasteiger partial charge in [0.05, 0.1) is 11.1 Å². The molecule has 4 heterocycles. The molecule has 0 bridgehead atoms. The van der Waals surface area contributed by atoms with E-state index in [0.717, 1.165) is 19.2 Å². The first-order chi connectivity index (χ1) is 18.2. The van der Waals surface area contributed by atoms with Crippen molar-refractivity contribution in [2.24, 2.45) is 0 Å². The molecule has 1 aliphatic rings. The van der Waals surface area contributed by atoms with Crippen LogP contribution in [0.5, 0.6) is 0 Å². The molecule has 0 atom stereocenters. The fourth-order valence-electron chi connectivity index (χ4n) is 3.96. The van der Waals surface area contributed by atoms with Crippen molar-refractivity contribution in [3.63, 3.8) is 0 Å². The van der Waals surface area contributed by atoms with Crippen molar-refractivity contribution in [3.8, 4) is 11.8 Å². The van der Waals surface area contributed by atoms with Gasteiger partial charge in [-0.2, -0.15) is 23.3 Å². The molecule has 10 nitrogen and oxygen atoms in total. The number of amides is 1. The third-order valence-electron chi connectivity index (χ3n) is 6.02. The largest absolute Gasteiger partial charge is 0.416 e. The van der Waals surface area contributed by atoms with Crippen molar-refractivity contribution in [2.75, 3.05) is 38.5 Å². The monoisotopic (exact) mass is 521 g/mol. The number of nitrogens with one attached hydrogen (secondary N) is 1. The lowest BCUT2D eigenvalue weighted by atomic mass is 10.0. The number of nitrogens with zero attached hydrogens (tertiary/aromatic N) is 8. The quantitative estimate of drug-likeness (QED) is 0.408. The number of halogens is 3. The topological polar surface area (TPSA) is 104 Å². The summed E-state index contributed by atoms with van der Waals surface area (Å²) in [6.45, 7) is 3.11. The number of aromatic nitrogens is 6. The molecule has 1 aromatic carbocycles. The molecule has 0 saturated carbocycles. The van der Waals surface area contributed by atoms with Gasteiger partial charge < -0.3 is 10.2 Å². The minimum atomic E-state index is -4.60. The van der Waals surface area contributed by atoms with E-state index in [0.29, 0.717) is 24.4 Å². The van der Waals surface area contributed by atoms with Gasteiger partial charge in [0.2, 0.25) is 5.82 Å². The fourth-order valence-corrected chi connectivity index (χ4v) is 3.96. The SMILES string of the molecule is CN1CCN(Cc2ccc(C(=O)Nc3ccnc(C#Cc4cnc5ncnn5c4)n3)cc2C(F)(F)F)CC1. The smallest absolute Gasteiger partial charge is 0.306 e. The molecule has 3 aromatic heterocycles. The zero-order valence-electron chi connectivity index (χ0n) is 20.3. The normalized spacial score (nSPS) is 14.7. The van der Waals surface area contributed by atoms with Gasteiger partial charge in [-0.1, -0.05) is 12.0 Å². The Morgan fingerprint density at radius 1 is 1.08 bits per heavy atom. The second kappa shape index (κ2) is 10.5. The molecule has 1 amide bonds. The zero-order valence-corrected chi connectivity index (χ0v) is 20.3. The van der Waals surface area contributed by atoms with E-state index in [2.05, 4.69) is 47.1 Å². The van der Waals surface area contributed by atoms with Gasteiger partial charge in [-0.05, 0) is 36.7 Å². The molecule has 13 heteroatoms. The average molecular weight is 522 g/mol. The Bertz CT molecular complexity index is 1530. The molecule has 0 spiro atoms. The van der Waals surface area contributed by atoms with E-state index in [1.54, 1.807) is 6.20 Å². The van der Waals surface area contributed by atoms with E-state index in [4.69, 9.17) is 0 Å². The third kappa shape index (κ3) is 5.93. The van der Waals surface area contributed by atoms with E-state index in [1.807, 2.05) is 11.9 Å². The fraction of sp³-hybridized carbons (Fsp3) is 0.280. The maximum atomic E-state index is 13.9. The van der Waals surface area contributed by atoms with Crippen LogP contribution in [-0.4, -0.2) is 78.5 Å². The molecule has 1 fully saturated rings. The van der Waals surface area contributed by atoms with Crippen molar-refractivity contribution in [1.29, 1.82) is 0 Å². The van der Waals surface area contributed by atoms with Crippen molar-refractivity contribution in [2.45, 2.75) is 12.7 Å². The Kier molecular flexibility index (Phi) is 6.99. The first-order valence-electron chi connectivity index (χ1n) is 11.7. The van der Waals surface area contributed by atoms with Crippen molar-refractivity contribution >= 4 is 17.5 Å². The Hall–Kier alpha value is -4.41. The second-order valence-electron chi connectivity index (χ2n) is 8.77. The van der Waals surface area contributed by atoms with Crippen LogP contribution in [0.25, 0.3) is 5.78 Å². The number of alkyl halides is 3. The summed E-state index contributed by atoms with van der Waals surface area (Å²) >= 11 is 0. The Morgan fingerprint density at radius 3 is 2.68 bits per heavy atom. The zero-order chi connectivity index (χ0) is 26.7. The molecule has 5 rings (SSSR count). The number of hydrogen-bond acceptors (Lipinski definition) is 8. The van der Waals surface area contributed by atoms with E-state index in [-0.39, 0.29) is 29.3 Å². The Balaban J connectivity index is 1.31. The van der Waals surface area contributed by atoms with Gasteiger partial charge in [0.1, 0.15) is 12.1 Å². The standard InChI is InChI=1S/C25H22F3N9O/c1-35-8-10-36(11-9-35)15-19-4-3-18(12-20(19)25(26,27)28)23(38)34-22-6-7-29-21(33-22)5-2-17-13-30-24-31-16-32-37(24)14-17/h3-4,6-7,12-14,16H,8-11,15H2,1H3,(H,29,33,34,38). The second-order valence-corrected chi connectivity index (χ2v) is 8.77. The summed E-state index contributed by atoms with van der Waals surface area (Å²) < 4.78 is 43.1. The maximum absolute atomic E-state index is 13.9. The highest BCUT2D eigenvalue weighted by Gasteiger charge is 2.34.